The minimum absolute atomic E-state index is 0.0328. The number of alkyl halides is 3. The van der Waals surface area contributed by atoms with Crippen molar-refractivity contribution in [3.8, 4) is 0 Å². The number of hydrogen-bond donors (Lipinski definition) is 0. The SMILES string of the molecule is CC(C)N(Cc1ccc(C=O)o1)CC(F)(F)F. The Labute approximate surface area is 97.2 Å². The van der Waals surface area contributed by atoms with Crippen molar-refractivity contribution in [2.24, 2.45) is 0 Å². The quantitative estimate of drug-likeness (QED) is 0.752. The zero-order valence-electron chi connectivity index (χ0n) is 9.62. The molecule has 0 radical (unpaired) electrons. The first-order chi connectivity index (χ1) is 7.81. The van der Waals surface area contributed by atoms with Gasteiger partial charge in [-0.05, 0) is 26.0 Å². The van der Waals surface area contributed by atoms with Crippen LogP contribution in [0.5, 0.6) is 0 Å². The summed E-state index contributed by atoms with van der Waals surface area (Å²) in [5, 5.41) is 0. The number of hydrogen-bond acceptors (Lipinski definition) is 3. The first-order valence-electron chi connectivity index (χ1n) is 5.16. The molecule has 0 saturated heterocycles. The lowest BCUT2D eigenvalue weighted by Gasteiger charge is -2.26. The molecule has 0 saturated carbocycles. The van der Waals surface area contributed by atoms with E-state index in [2.05, 4.69) is 0 Å². The van der Waals surface area contributed by atoms with Gasteiger partial charge < -0.3 is 4.42 Å². The highest BCUT2D eigenvalue weighted by Gasteiger charge is 2.32. The van der Waals surface area contributed by atoms with Gasteiger partial charge in [-0.3, -0.25) is 9.69 Å². The standard InChI is InChI=1S/C11H14F3NO2/c1-8(2)15(7-11(12,13)14)5-9-3-4-10(6-16)17-9/h3-4,6,8H,5,7H2,1-2H3. The number of aldehydes is 1. The molecular formula is C11H14F3NO2. The van der Waals surface area contributed by atoms with Crippen LogP contribution in [0, 0.1) is 0 Å². The molecule has 0 N–H and O–H groups in total. The molecule has 6 heteroatoms. The zero-order chi connectivity index (χ0) is 13.1. The van der Waals surface area contributed by atoms with E-state index in [1.165, 1.54) is 17.0 Å². The van der Waals surface area contributed by atoms with E-state index in [1.54, 1.807) is 13.8 Å². The van der Waals surface area contributed by atoms with Crippen molar-refractivity contribution in [1.29, 1.82) is 0 Å². The number of furan rings is 1. The fourth-order valence-electron chi connectivity index (χ4n) is 1.39. The molecule has 1 rings (SSSR count). The second kappa shape index (κ2) is 5.35. The molecule has 0 unspecified atom stereocenters. The minimum Gasteiger partial charge on any atom is -0.457 e. The van der Waals surface area contributed by atoms with Crippen LogP contribution in [0.1, 0.15) is 30.2 Å². The van der Waals surface area contributed by atoms with E-state index >= 15 is 0 Å². The Hall–Kier alpha value is -1.30. The van der Waals surface area contributed by atoms with Crippen LogP contribution in [-0.2, 0) is 6.54 Å². The van der Waals surface area contributed by atoms with E-state index in [0.29, 0.717) is 12.0 Å². The molecule has 0 aliphatic heterocycles. The molecule has 0 aliphatic carbocycles. The molecule has 0 amide bonds. The molecule has 1 heterocycles. The zero-order valence-corrected chi connectivity index (χ0v) is 9.62. The highest BCUT2D eigenvalue weighted by atomic mass is 19.4. The number of nitrogens with zero attached hydrogens (tertiary/aromatic N) is 1. The predicted octanol–water partition coefficient (Wildman–Crippen LogP) is 2.86. The van der Waals surface area contributed by atoms with Crippen LogP contribution >= 0.6 is 0 Å². The number of rotatable bonds is 5. The van der Waals surface area contributed by atoms with Gasteiger partial charge in [0, 0.05) is 6.04 Å². The molecule has 0 fully saturated rings. The predicted molar refractivity (Wildman–Crippen MR) is 55.7 cm³/mol. The molecule has 1 aromatic heterocycles. The number of carbonyl (C=O) groups excluding carboxylic acids is 1. The molecule has 0 aliphatic rings. The van der Waals surface area contributed by atoms with Crippen molar-refractivity contribution >= 4 is 6.29 Å². The van der Waals surface area contributed by atoms with Gasteiger partial charge in [0.1, 0.15) is 5.76 Å². The van der Waals surface area contributed by atoms with Crippen molar-refractivity contribution in [1.82, 2.24) is 4.90 Å². The molecular weight excluding hydrogens is 235 g/mol. The van der Waals surface area contributed by atoms with E-state index < -0.39 is 12.7 Å². The number of carbonyl (C=O) groups is 1. The lowest BCUT2D eigenvalue weighted by molar-refractivity contribution is -0.151. The van der Waals surface area contributed by atoms with Crippen LogP contribution in [-0.4, -0.2) is 29.9 Å². The lowest BCUT2D eigenvalue weighted by atomic mass is 10.3. The highest BCUT2D eigenvalue weighted by molar-refractivity contribution is 5.70. The van der Waals surface area contributed by atoms with Gasteiger partial charge in [-0.25, -0.2) is 0 Å². The summed E-state index contributed by atoms with van der Waals surface area (Å²) < 4.78 is 42.0. The van der Waals surface area contributed by atoms with E-state index in [0.717, 1.165) is 0 Å². The Kier molecular flexibility index (Phi) is 4.34. The summed E-state index contributed by atoms with van der Waals surface area (Å²) in [4.78, 5) is 11.6. The second-order valence-corrected chi connectivity index (χ2v) is 4.04. The summed E-state index contributed by atoms with van der Waals surface area (Å²) in [6.07, 6.45) is -3.72. The van der Waals surface area contributed by atoms with E-state index in [9.17, 15) is 18.0 Å². The highest BCUT2D eigenvalue weighted by Crippen LogP contribution is 2.20. The average molecular weight is 249 g/mol. The van der Waals surface area contributed by atoms with Crippen LogP contribution < -0.4 is 0 Å². The van der Waals surface area contributed by atoms with Crippen LogP contribution in [0.15, 0.2) is 16.5 Å². The molecule has 17 heavy (non-hydrogen) atoms. The normalized spacial score (nSPS) is 12.4. The summed E-state index contributed by atoms with van der Waals surface area (Å²) >= 11 is 0. The number of halogens is 3. The van der Waals surface area contributed by atoms with Gasteiger partial charge in [0.15, 0.2) is 12.0 Å². The average Bonchev–Trinajstić information content (AvgIpc) is 2.62. The maximum Gasteiger partial charge on any atom is 0.401 e. The lowest BCUT2D eigenvalue weighted by Crippen LogP contribution is -2.38. The van der Waals surface area contributed by atoms with Crippen molar-refractivity contribution in [2.75, 3.05) is 6.54 Å². The Balaban J connectivity index is 2.69. The summed E-state index contributed by atoms with van der Waals surface area (Å²) in [5.74, 6) is 0.473. The molecule has 96 valence electrons. The van der Waals surface area contributed by atoms with Crippen molar-refractivity contribution in [3.63, 3.8) is 0 Å². The molecule has 3 nitrogen and oxygen atoms in total. The monoisotopic (exact) mass is 249 g/mol. The van der Waals surface area contributed by atoms with Crippen LogP contribution in [0.2, 0.25) is 0 Å². The van der Waals surface area contributed by atoms with E-state index in [1.807, 2.05) is 0 Å². The summed E-state index contributed by atoms with van der Waals surface area (Å²) in [5.41, 5.74) is 0. The van der Waals surface area contributed by atoms with Crippen LogP contribution in [0.4, 0.5) is 13.2 Å². The van der Waals surface area contributed by atoms with Gasteiger partial charge in [0.2, 0.25) is 0 Å². The minimum atomic E-state index is -4.25. The Morgan fingerprint density at radius 3 is 2.47 bits per heavy atom. The first-order valence-corrected chi connectivity index (χ1v) is 5.16. The molecule has 0 spiro atoms. The second-order valence-electron chi connectivity index (χ2n) is 4.04. The third-order valence-electron chi connectivity index (χ3n) is 2.27. The van der Waals surface area contributed by atoms with Crippen molar-refractivity contribution < 1.29 is 22.4 Å². The van der Waals surface area contributed by atoms with Gasteiger partial charge in [0.25, 0.3) is 0 Å². The van der Waals surface area contributed by atoms with Crippen LogP contribution in [0.3, 0.4) is 0 Å². The Morgan fingerprint density at radius 1 is 1.41 bits per heavy atom. The fourth-order valence-corrected chi connectivity index (χ4v) is 1.39. The maximum absolute atomic E-state index is 12.3. The van der Waals surface area contributed by atoms with E-state index in [-0.39, 0.29) is 18.3 Å². The Bertz CT molecular complexity index is 371. The summed E-state index contributed by atoms with van der Waals surface area (Å²) in [7, 11) is 0. The first kappa shape index (κ1) is 13.8. The van der Waals surface area contributed by atoms with Gasteiger partial charge in [0.05, 0.1) is 13.1 Å². The summed E-state index contributed by atoms with van der Waals surface area (Å²) in [6, 6.07) is 2.69. The Morgan fingerprint density at radius 2 is 2.06 bits per heavy atom. The molecule has 0 atom stereocenters. The third-order valence-corrected chi connectivity index (χ3v) is 2.27. The van der Waals surface area contributed by atoms with Crippen LogP contribution in [0.25, 0.3) is 0 Å². The largest absolute Gasteiger partial charge is 0.457 e. The molecule has 0 aromatic carbocycles. The molecule has 1 aromatic rings. The summed E-state index contributed by atoms with van der Waals surface area (Å²) in [6.45, 7) is 2.39. The van der Waals surface area contributed by atoms with Gasteiger partial charge >= 0.3 is 6.18 Å². The maximum atomic E-state index is 12.3. The molecule has 0 bridgehead atoms. The van der Waals surface area contributed by atoms with Gasteiger partial charge in [-0.1, -0.05) is 0 Å². The fraction of sp³-hybridized carbons (Fsp3) is 0.545. The smallest absolute Gasteiger partial charge is 0.401 e. The van der Waals surface area contributed by atoms with Crippen molar-refractivity contribution in [2.45, 2.75) is 32.6 Å². The van der Waals surface area contributed by atoms with Gasteiger partial charge in [-0.2, -0.15) is 13.2 Å². The van der Waals surface area contributed by atoms with Crippen molar-refractivity contribution in [3.05, 3.63) is 23.7 Å². The third kappa shape index (κ3) is 4.60. The van der Waals surface area contributed by atoms with Gasteiger partial charge in [-0.15, -0.1) is 0 Å². The van der Waals surface area contributed by atoms with E-state index in [4.69, 9.17) is 4.42 Å². The topological polar surface area (TPSA) is 33.5 Å².